The second-order valence-corrected chi connectivity index (χ2v) is 12.1. The number of aliphatic hydroxyl groups excluding tert-OH is 2. The van der Waals surface area contributed by atoms with Crippen LogP contribution in [-0.2, 0) is 25.7 Å². The van der Waals surface area contributed by atoms with Crippen molar-refractivity contribution in [1.82, 2.24) is 40.6 Å². The van der Waals surface area contributed by atoms with Gasteiger partial charge in [0.05, 0.1) is 42.8 Å². The van der Waals surface area contributed by atoms with Crippen molar-refractivity contribution in [3.05, 3.63) is 16.9 Å². The van der Waals surface area contributed by atoms with E-state index in [4.69, 9.17) is 5.73 Å². The SMILES string of the molecule is C[C@@H](NC(=O)Cn1cnnn1)[C@H]1C(=O)N2C(C(=O)O)=C(S[C@@H]3CN[C@H](C(=O)N4CC(O)C(N)C4CO)C3)[C@H](C)[C@H]12. The van der Waals surface area contributed by atoms with Gasteiger partial charge in [0, 0.05) is 35.2 Å². The fraction of sp³-hybridized carbons (Fsp3) is 0.696. The molecule has 218 valence electrons. The molecule has 0 radical (unpaired) electrons. The number of carbonyl (C=O) groups is 4. The Hall–Kier alpha value is -3.12. The maximum atomic E-state index is 13.2. The zero-order chi connectivity index (χ0) is 28.9. The number of aromatic nitrogens is 4. The summed E-state index contributed by atoms with van der Waals surface area (Å²) in [6.07, 6.45) is 0.784. The first kappa shape index (κ1) is 28.4. The monoisotopic (exact) mass is 579 g/mol. The Morgan fingerprint density at radius 1 is 1.35 bits per heavy atom. The fourth-order valence-corrected chi connectivity index (χ4v) is 7.72. The number of tetrazole rings is 1. The van der Waals surface area contributed by atoms with Crippen molar-refractivity contribution in [1.29, 1.82) is 0 Å². The number of hydrogen-bond acceptors (Lipinski definition) is 12. The van der Waals surface area contributed by atoms with Gasteiger partial charge in [-0.25, -0.2) is 9.48 Å². The molecule has 9 atom stereocenters. The number of amides is 3. The lowest BCUT2D eigenvalue weighted by Crippen LogP contribution is -2.66. The van der Waals surface area contributed by atoms with E-state index in [1.807, 2.05) is 6.92 Å². The van der Waals surface area contributed by atoms with E-state index in [-0.39, 0.29) is 54.3 Å². The molecule has 4 aliphatic rings. The first-order chi connectivity index (χ1) is 19.0. The van der Waals surface area contributed by atoms with Crippen LogP contribution in [0.5, 0.6) is 0 Å². The van der Waals surface area contributed by atoms with Crippen molar-refractivity contribution in [3.8, 4) is 0 Å². The minimum absolute atomic E-state index is 0.0388. The number of carboxylic acids is 1. The molecular formula is C23H33N9O7S. The van der Waals surface area contributed by atoms with Crippen LogP contribution in [0.3, 0.4) is 0 Å². The van der Waals surface area contributed by atoms with E-state index in [1.165, 1.54) is 32.6 Å². The third-order valence-corrected chi connectivity index (χ3v) is 9.75. The molecule has 4 aliphatic heterocycles. The number of aliphatic carboxylic acids is 1. The maximum Gasteiger partial charge on any atom is 0.353 e. The van der Waals surface area contributed by atoms with Crippen molar-refractivity contribution in [2.45, 2.75) is 68.4 Å². The van der Waals surface area contributed by atoms with Crippen LogP contribution >= 0.6 is 11.8 Å². The lowest BCUT2D eigenvalue weighted by Gasteiger charge is -2.47. The van der Waals surface area contributed by atoms with Gasteiger partial charge < -0.3 is 41.5 Å². The molecule has 3 unspecified atom stereocenters. The molecule has 40 heavy (non-hydrogen) atoms. The largest absolute Gasteiger partial charge is 0.477 e. The molecule has 5 heterocycles. The van der Waals surface area contributed by atoms with Crippen LogP contribution in [0.25, 0.3) is 0 Å². The number of thioether (sulfide) groups is 1. The fourth-order valence-electron chi connectivity index (χ4n) is 6.24. The van der Waals surface area contributed by atoms with Gasteiger partial charge in [-0.1, -0.05) is 6.92 Å². The number of aliphatic hydroxyl groups is 2. The van der Waals surface area contributed by atoms with Gasteiger partial charge in [0.15, 0.2) is 0 Å². The van der Waals surface area contributed by atoms with Gasteiger partial charge in [-0.3, -0.25) is 14.4 Å². The van der Waals surface area contributed by atoms with E-state index >= 15 is 0 Å². The standard InChI is InChI=1S/C23H33N9O7S/c1-9-18-16(10(2)27-15(35)6-30-8-26-28-29-30)22(37)32(18)19(23(38)39)20(9)40-11-3-12(25-4-11)21(36)31-5-14(34)17(24)13(31)7-33/h8-14,16-18,25,33-34H,3-7,24H2,1-2H3,(H,27,35)(H,38,39)/t9-,10-,11+,12+,13?,14?,16-,17?,18-/m1/s1. The second kappa shape index (κ2) is 11.0. The van der Waals surface area contributed by atoms with E-state index in [1.54, 1.807) is 6.92 Å². The van der Waals surface area contributed by atoms with Gasteiger partial charge in [-0.15, -0.1) is 16.9 Å². The van der Waals surface area contributed by atoms with Crippen LogP contribution < -0.4 is 16.4 Å². The molecule has 5 rings (SSSR count). The summed E-state index contributed by atoms with van der Waals surface area (Å²) in [6.45, 7) is 3.59. The predicted octanol–water partition coefficient (Wildman–Crippen LogP) is -3.69. The molecule has 3 fully saturated rings. The lowest BCUT2D eigenvalue weighted by molar-refractivity contribution is -0.158. The summed E-state index contributed by atoms with van der Waals surface area (Å²) in [6, 6.07) is -2.94. The van der Waals surface area contributed by atoms with Gasteiger partial charge in [0.25, 0.3) is 0 Å². The summed E-state index contributed by atoms with van der Waals surface area (Å²) in [4.78, 5) is 54.3. The zero-order valence-electron chi connectivity index (χ0n) is 22.0. The summed E-state index contributed by atoms with van der Waals surface area (Å²) in [5.41, 5.74) is 5.88. The van der Waals surface area contributed by atoms with Crippen LogP contribution in [-0.4, -0.2) is 130 Å². The van der Waals surface area contributed by atoms with Crippen molar-refractivity contribution in [2.75, 3.05) is 19.7 Å². The quantitative estimate of drug-likeness (QED) is 0.155. The third-order valence-electron chi connectivity index (χ3n) is 8.24. The molecule has 3 saturated heterocycles. The first-order valence-corrected chi connectivity index (χ1v) is 14.0. The molecule has 0 spiro atoms. The van der Waals surface area contributed by atoms with Crippen LogP contribution in [0.2, 0.25) is 0 Å². The van der Waals surface area contributed by atoms with Crippen molar-refractivity contribution >= 4 is 35.5 Å². The van der Waals surface area contributed by atoms with Gasteiger partial charge in [-0.05, 0) is 23.8 Å². The van der Waals surface area contributed by atoms with Gasteiger partial charge >= 0.3 is 5.97 Å². The number of carbonyl (C=O) groups excluding carboxylic acids is 3. The van der Waals surface area contributed by atoms with Crippen molar-refractivity contribution in [2.24, 2.45) is 17.6 Å². The molecule has 16 nitrogen and oxygen atoms in total. The maximum absolute atomic E-state index is 13.2. The molecule has 0 aliphatic carbocycles. The Bertz CT molecular complexity index is 1210. The highest BCUT2D eigenvalue weighted by Crippen LogP contribution is 2.51. The molecule has 7 N–H and O–H groups in total. The molecule has 0 aromatic carbocycles. The minimum Gasteiger partial charge on any atom is -0.477 e. The number of nitrogens with one attached hydrogen (secondary N) is 2. The minimum atomic E-state index is -1.21. The van der Waals surface area contributed by atoms with E-state index in [2.05, 4.69) is 26.2 Å². The molecule has 17 heteroatoms. The van der Waals surface area contributed by atoms with Crippen LogP contribution in [0.1, 0.15) is 20.3 Å². The van der Waals surface area contributed by atoms with Crippen molar-refractivity contribution < 1.29 is 34.5 Å². The van der Waals surface area contributed by atoms with Crippen LogP contribution in [0.15, 0.2) is 16.9 Å². The van der Waals surface area contributed by atoms with E-state index in [9.17, 15) is 34.5 Å². The summed E-state index contributed by atoms with van der Waals surface area (Å²) < 4.78 is 1.26. The highest BCUT2D eigenvalue weighted by molar-refractivity contribution is 8.03. The molecule has 0 saturated carbocycles. The average Bonchev–Trinajstić information content (AvgIpc) is 3.67. The summed E-state index contributed by atoms with van der Waals surface area (Å²) in [7, 11) is 0. The molecule has 1 aromatic heterocycles. The molecule has 0 bridgehead atoms. The number of fused-ring (bicyclic) bond motifs is 1. The Balaban J connectivity index is 1.24. The first-order valence-electron chi connectivity index (χ1n) is 13.1. The lowest BCUT2D eigenvalue weighted by atomic mass is 9.78. The summed E-state index contributed by atoms with van der Waals surface area (Å²) in [5, 5.41) is 46.2. The van der Waals surface area contributed by atoms with Crippen molar-refractivity contribution in [3.63, 3.8) is 0 Å². The van der Waals surface area contributed by atoms with Crippen LogP contribution in [0.4, 0.5) is 0 Å². The highest BCUT2D eigenvalue weighted by atomic mass is 32.2. The Labute approximate surface area is 233 Å². The molecule has 1 aromatic rings. The highest BCUT2D eigenvalue weighted by Gasteiger charge is 2.60. The summed E-state index contributed by atoms with van der Waals surface area (Å²) in [5.74, 6) is -3.11. The number of β-lactam (4-membered cyclic amide) rings is 1. The number of likely N-dealkylation sites (tertiary alicyclic amines) is 1. The number of nitrogens with zero attached hydrogens (tertiary/aromatic N) is 6. The smallest absolute Gasteiger partial charge is 0.353 e. The van der Waals surface area contributed by atoms with E-state index in [0.29, 0.717) is 17.9 Å². The van der Waals surface area contributed by atoms with E-state index in [0.717, 1.165) is 0 Å². The molecule has 3 amide bonds. The normalized spacial score (nSPS) is 34.2. The average molecular weight is 580 g/mol. The number of hydrogen-bond donors (Lipinski definition) is 6. The van der Waals surface area contributed by atoms with Crippen LogP contribution in [0, 0.1) is 11.8 Å². The predicted molar refractivity (Wildman–Crippen MR) is 138 cm³/mol. The van der Waals surface area contributed by atoms with Gasteiger partial charge in [0.1, 0.15) is 18.6 Å². The number of carboxylic acid groups (broad SMARTS) is 1. The Morgan fingerprint density at radius 2 is 2.10 bits per heavy atom. The molecular weight excluding hydrogens is 546 g/mol. The summed E-state index contributed by atoms with van der Waals surface area (Å²) >= 11 is 1.35. The number of nitrogens with two attached hydrogens (primary N) is 1. The third kappa shape index (κ3) is 4.85. The topological polar surface area (TPSA) is 229 Å². The van der Waals surface area contributed by atoms with Gasteiger partial charge in [-0.2, -0.15) is 0 Å². The zero-order valence-corrected chi connectivity index (χ0v) is 22.8. The van der Waals surface area contributed by atoms with E-state index < -0.39 is 48.2 Å². The second-order valence-electron chi connectivity index (χ2n) is 10.7. The Morgan fingerprint density at radius 3 is 2.75 bits per heavy atom. The Kier molecular flexibility index (Phi) is 7.84. The van der Waals surface area contributed by atoms with Gasteiger partial charge in [0.2, 0.25) is 17.7 Å². The number of rotatable bonds is 9. The number of β-amino-alcohol motifs (C(OH)–C–C–N with tert-alkyl or cyclic N) is 1.